The summed E-state index contributed by atoms with van der Waals surface area (Å²) in [4.78, 5) is 12.5. The first-order chi connectivity index (χ1) is 9.02. The van der Waals surface area contributed by atoms with Crippen LogP contribution in [-0.2, 0) is 13.1 Å². The smallest absolute Gasteiger partial charge is 0.255 e. The van der Waals surface area contributed by atoms with Crippen LogP contribution < -0.4 is 10.9 Å². The largest absolute Gasteiger partial charge is 0.310 e. The summed E-state index contributed by atoms with van der Waals surface area (Å²) in [7, 11) is 0. The molecule has 1 aromatic heterocycles. The van der Waals surface area contributed by atoms with Crippen LogP contribution in [0.2, 0.25) is 0 Å². The highest BCUT2D eigenvalue weighted by molar-refractivity contribution is 5.80. The van der Waals surface area contributed by atoms with Crippen LogP contribution in [0.1, 0.15) is 31.9 Å². The van der Waals surface area contributed by atoms with Gasteiger partial charge < -0.3 is 9.88 Å². The van der Waals surface area contributed by atoms with Gasteiger partial charge in [-0.2, -0.15) is 0 Å². The molecule has 0 spiro atoms. The number of hydrogen-bond acceptors (Lipinski definition) is 2. The predicted octanol–water partition coefficient (Wildman–Crippen LogP) is 2.83. The summed E-state index contributed by atoms with van der Waals surface area (Å²) in [5.74, 6) is 0. The van der Waals surface area contributed by atoms with Gasteiger partial charge in [-0.3, -0.25) is 4.79 Å². The Bertz CT molecular complexity index is 641. The highest BCUT2D eigenvalue weighted by atomic mass is 16.1. The Hall–Kier alpha value is -1.61. The molecule has 1 N–H and O–H groups in total. The van der Waals surface area contributed by atoms with Crippen molar-refractivity contribution in [1.82, 2.24) is 9.88 Å². The lowest BCUT2D eigenvalue weighted by molar-refractivity contribution is 0.582. The topological polar surface area (TPSA) is 34.0 Å². The molecule has 0 amide bonds. The average Bonchev–Trinajstić information content (AvgIpc) is 2.36. The van der Waals surface area contributed by atoms with Gasteiger partial charge in [-0.25, -0.2) is 0 Å². The van der Waals surface area contributed by atoms with E-state index in [1.165, 1.54) is 5.56 Å². The third kappa shape index (κ3) is 2.87. The number of hydrogen-bond donors (Lipinski definition) is 1. The molecule has 0 unspecified atom stereocenters. The second-order valence-corrected chi connectivity index (χ2v) is 5.32. The molecule has 0 fully saturated rings. The number of fused-ring (bicyclic) bond motifs is 1. The summed E-state index contributed by atoms with van der Waals surface area (Å²) in [5, 5.41) is 4.45. The maximum absolute atomic E-state index is 12.5. The van der Waals surface area contributed by atoms with E-state index in [0.717, 1.165) is 16.5 Å². The third-order valence-corrected chi connectivity index (χ3v) is 3.34. The van der Waals surface area contributed by atoms with Crippen molar-refractivity contribution >= 4 is 10.9 Å². The number of aromatic nitrogens is 1. The highest BCUT2D eigenvalue weighted by Crippen LogP contribution is 2.15. The van der Waals surface area contributed by atoms with E-state index < -0.39 is 0 Å². The van der Waals surface area contributed by atoms with Gasteiger partial charge in [0.05, 0.1) is 5.52 Å². The molecule has 0 bridgehead atoms. The highest BCUT2D eigenvalue weighted by Gasteiger charge is 2.08. The molecule has 3 nitrogen and oxygen atoms in total. The molecule has 1 aromatic carbocycles. The molecule has 102 valence electrons. The van der Waals surface area contributed by atoms with Gasteiger partial charge in [-0.15, -0.1) is 0 Å². The van der Waals surface area contributed by atoms with Gasteiger partial charge in [0.1, 0.15) is 0 Å². The fourth-order valence-electron chi connectivity index (χ4n) is 2.30. The van der Waals surface area contributed by atoms with Crippen molar-refractivity contribution in [3.63, 3.8) is 0 Å². The average molecular weight is 258 g/mol. The normalized spacial score (nSPS) is 11.4. The number of nitrogens with one attached hydrogen (secondary N) is 1. The van der Waals surface area contributed by atoms with Crippen LogP contribution in [0.5, 0.6) is 0 Å². The zero-order chi connectivity index (χ0) is 14.0. The molecule has 1 heterocycles. The van der Waals surface area contributed by atoms with E-state index >= 15 is 0 Å². The van der Waals surface area contributed by atoms with Crippen LogP contribution in [0.15, 0.2) is 29.1 Å². The fraction of sp³-hybridized carbons (Fsp3) is 0.438. The summed E-state index contributed by atoms with van der Waals surface area (Å²) in [6.45, 7) is 9.57. The van der Waals surface area contributed by atoms with Crippen molar-refractivity contribution in [3.8, 4) is 0 Å². The molecule has 0 aliphatic carbocycles. The van der Waals surface area contributed by atoms with Crippen molar-refractivity contribution in [2.75, 3.05) is 0 Å². The monoisotopic (exact) mass is 258 g/mol. The standard InChI is InChI=1S/C16H22N2O/c1-5-18-15-8-12(4)6-7-13(15)9-14(16(18)19)10-17-11(2)3/h6-9,11,17H,5,10H2,1-4H3. The van der Waals surface area contributed by atoms with Gasteiger partial charge in [-0.1, -0.05) is 26.0 Å². The number of aryl methyl sites for hydroxylation is 2. The van der Waals surface area contributed by atoms with Gasteiger partial charge in [0.25, 0.3) is 5.56 Å². The summed E-state index contributed by atoms with van der Waals surface area (Å²) in [6, 6.07) is 8.66. The summed E-state index contributed by atoms with van der Waals surface area (Å²) in [6.07, 6.45) is 0. The molecular weight excluding hydrogens is 236 g/mol. The second-order valence-electron chi connectivity index (χ2n) is 5.32. The van der Waals surface area contributed by atoms with Crippen LogP contribution in [0.25, 0.3) is 10.9 Å². The Kier molecular flexibility index (Phi) is 4.05. The number of nitrogens with zero attached hydrogens (tertiary/aromatic N) is 1. The maximum atomic E-state index is 12.5. The molecule has 0 saturated carbocycles. The molecule has 0 aliphatic heterocycles. The quantitative estimate of drug-likeness (QED) is 0.915. The van der Waals surface area contributed by atoms with Crippen molar-refractivity contribution in [3.05, 3.63) is 45.7 Å². The molecule has 0 atom stereocenters. The van der Waals surface area contributed by atoms with E-state index in [4.69, 9.17) is 0 Å². The Morgan fingerprint density at radius 1 is 1.26 bits per heavy atom. The Balaban J connectivity index is 2.58. The van der Waals surface area contributed by atoms with E-state index in [0.29, 0.717) is 19.1 Å². The lowest BCUT2D eigenvalue weighted by Gasteiger charge is -2.13. The Morgan fingerprint density at radius 3 is 2.63 bits per heavy atom. The molecule has 19 heavy (non-hydrogen) atoms. The van der Waals surface area contributed by atoms with E-state index in [-0.39, 0.29) is 5.56 Å². The first kappa shape index (κ1) is 13.8. The lowest BCUT2D eigenvalue weighted by Crippen LogP contribution is -2.29. The minimum absolute atomic E-state index is 0.119. The number of pyridine rings is 1. The van der Waals surface area contributed by atoms with Gasteiger partial charge >= 0.3 is 0 Å². The SMILES string of the molecule is CCn1c(=O)c(CNC(C)C)cc2ccc(C)cc21. The predicted molar refractivity (Wildman–Crippen MR) is 80.6 cm³/mol. The third-order valence-electron chi connectivity index (χ3n) is 3.34. The first-order valence-electron chi connectivity index (χ1n) is 6.89. The van der Waals surface area contributed by atoms with E-state index in [2.05, 4.69) is 44.3 Å². The fourth-order valence-corrected chi connectivity index (χ4v) is 2.30. The van der Waals surface area contributed by atoms with Crippen LogP contribution in [-0.4, -0.2) is 10.6 Å². The zero-order valence-corrected chi connectivity index (χ0v) is 12.2. The minimum Gasteiger partial charge on any atom is -0.310 e. The summed E-state index contributed by atoms with van der Waals surface area (Å²) in [5.41, 5.74) is 3.17. The van der Waals surface area contributed by atoms with Crippen molar-refractivity contribution < 1.29 is 0 Å². The summed E-state index contributed by atoms with van der Waals surface area (Å²) < 4.78 is 1.86. The van der Waals surface area contributed by atoms with Crippen LogP contribution in [0.4, 0.5) is 0 Å². The molecule has 2 rings (SSSR count). The van der Waals surface area contributed by atoms with Crippen LogP contribution in [0.3, 0.4) is 0 Å². The van der Waals surface area contributed by atoms with E-state index in [9.17, 15) is 4.79 Å². The number of benzene rings is 1. The number of rotatable bonds is 4. The van der Waals surface area contributed by atoms with E-state index in [1.807, 2.05) is 17.6 Å². The molecule has 2 aromatic rings. The zero-order valence-electron chi connectivity index (χ0n) is 12.2. The molecule has 0 aliphatic rings. The van der Waals surface area contributed by atoms with Gasteiger partial charge in [-0.05, 0) is 36.9 Å². The Labute approximate surface area is 114 Å². The van der Waals surface area contributed by atoms with Crippen molar-refractivity contribution in [2.45, 2.75) is 46.8 Å². The van der Waals surface area contributed by atoms with Gasteiger partial charge in [0.2, 0.25) is 0 Å². The van der Waals surface area contributed by atoms with Crippen LogP contribution in [0, 0.1) is 6.92 Å². The van der Waals surface area contributed by atoms with E-state index in [1.54, 1.807) is 0 Å². The maximum Gasteiger partial charge on any atom is 0.255 e. The molecule has 0 radical (unpaired) electrons. The van der Waals surface area contributed by atoms with Gasteiger partial charge in [0.15, 0.2) is 0 Å². The Morgan fingerprint density at radius 2 is 2.00 bits per heavy atom. The molecule has 3 heteroatoms. The first-order valence-corrected chi connectivity index (χ1v) is 6.89. The van der Waals surface area contributed by atoms with Crippen molar-refractivity contribution in [1.29, 1.82) is 0 Å². The lowest BCUT2D eigenvalue weighted by atomic mass is 10.1. The minimum atomic E-state index is 0.119. The molecule has 0 saturated heterocycles. The molecular formula is C16H22N2O. The van der Waals surface area contributed by atoms with Crippen molar-refractivity contribution in [2.24, 2.45) is 0 Å². The van der Waals surface area contributed by atoms with Crippen LogP contribution >= 0.6 is 0 Å². The second kappa shape index (κ2) is 5.57. The summed E-state index contributed by atoms with van der Waals surface area (Å²) >= 11 is 0. The van der Waals surface area contributed by atoms with Gasteiger partial charge in [0, 0.05) is 24.7 Å².